The van der Waals surface area contributed by atoms with Gasteiger partial charge in [-0.25, -0.2) is 0 Å². The molecule has 0 spiro atoms. The molecule has 1 aromatic carbocycles. The molecule has 3 aromatic rings. The molecule has 0 saturated heterocycles. The van der Waals surface area contributed by atoms with Gasteiger partial charge in [0.25, 0.3) is 0 Å². The minimum absolute atomic E-state index is 0.0120. The Morgan fingerprint density at radius 1 is 1.00 bits per heavy atom. The van der Waals surface area contributed by atoms with E-state index in [0.717, 1.165) is 23.0 Å². The second-order valence-electron chi connectivity index (χ2n) is 4.71. The van der Waals surface area contributed by atoms with Gasteiger partial charge < -0.3 is 0 Å². The molecule has 0 fully saturated rings. The zero-order valence-corrected chi connectivity index (χ0v) is 11.0. The molecule has 0 saturated carbocycles. The van der Waals surface area contributed by atoms with Crippen LogP contribution < -0.4 is 11.3 Å². The Kier molecular flexibility index (Phi) is 3.67. The Bertz CT molecular complexity index is 697. The summed E-state index contributed by atoms with van der Waals surface area (Å²) in [4.78, 5) is 8.71. The van der Waals surface area contributed by atoms with E-state index in [2.05, 4.69) is 27.5 Å². The molecule has 3 N–H and O–H groups in total. The molecule has 4 heteroatoms. The molecular formula is C16H16N4. The number of hydrogen-bond donors (Lipinski definition) is 2. The lowest BCUT2D eigenvalue weighted by Gasteiger charge is -2.16. The summed E-state index contributed by atoms with van der Waals surface area (Å²) in [5.74, 6) is 5.69. The van der Waals surface area contributed by atoms with Crippen LogP contribution in [0.2, 0.25) is 0 Å². The zero-order valence-electron chi connectivity index (χ0n) is 11.0. The highest BCUT2D eigenvalue weighted by molar-refractivity contribution is 5.78. The van der Waals surface area contributed by atoms with Crippen LogP contribution in [-0.4, -0.2) is 9.97 Å². The summed E-state index contributed by atoms with van der Waals surface area (Å²) in [6, 6.07) is 16.1. The summed E-state index contributed by atoms with van der Waals surface area (Å²) in [6.45, 7) is 0. The third-order valence-electron chi connectivity index (χ3n) is 3.37. The monoisotopic (exact) mass is 264 g/mol. The molecule has 0 bridgehead atoms. The maximum Gasteiger partial charge on any atom is 0.0706 e. The van der Waals surface area contributed by atoms with E-state index in [0.29, 0.717) is 0 Å². The molecule has 0 aliphatic rings. The van der Waals surface area contributed by atoms with Crippen molar-refractivity contribution < 1.29 is 0 Å². The number of hydrazine groups is 1. The first-order chi connectivity index (χ1) is 9.86. The van der Waals surface area contributed by atoms with Gasteiger partial charge in [0, 0.05) is 17.8 Å². The number of nitrogens with one attached hydrogen (secondary N) is 1. The van der Waals surface area contributed by atoms with Crippen LogP contribution in [0.1, 0.15) is 17.3 Å². The number of nitrogens with zero attached hydrogens (tertiary/aromatic N) is 2. The van der Waals surface area contributed by atoms with Gasteiger partial charge >= 0.3 is 0 Å². The number of aromatic nitrogens is 2. The van der Waals surface area contributed by atoms with Crippen LogP contribution in [-0.2, 0) is 6.42 Å². The maximum atomic E-state index is 5.69. The molecule has 2 heterocycles. The predicted molar refractivity (Wildman–Crippen MR) is 79.7 cm³/mol. The first kappa shape index (κ1) is 12.7. The summed E-state index contributed by atoms with van der Waals surface area (Å²) in [5, 5.41) is 1.14. The Balaban J connectivity index is 1.91. The molecule has 1 unspecified atom stereocenters. The van der Waals surface area contributed by atoms with Crippen molar-refractivity contribution in [2.75, 3.05) is 0 Å². The van der Waals surface area contributed by atoms with Gasteiger partial charge in [0.05, 0.1) is 17.3 Å². The van der Waals surface area contributed by atoms with Crippen molar-refractivity contribution in [3.63, 3.8) is 0 Å². The fourth-order valence-electron chi connectivity index (χ4n) is 2.28. The van der Waals surface area contributed by atoms with Gasteiger partial charge in [-0.15, -0.1) is 0 Å². The highest BCUT2D eigenvalue weighted by Gasteiger charge is 2.12. The largest absolute Gasteiger partial charge is 0.271 e. The second kappa shape index (κ2) is 5.77. The minimum atomic E-state index is -0.0120. The lowest BCUT2D eigenvalue weighted by molar-refractivity contribution is 0.540. The molecule has 20 heavy (non-hydrogen) atoms. The van der Waals surface area contributed by atoms with E-state index in [-0.39, 0.29) is 6.04 Å². The molecule has 4 nitrogen and oxygen atoms in total. The van der Waals surface area contributed by atoms with E-state index in [1.807, 2.05) is 36.4 Å². The number of para-hydroxylation sites is 1. The Hall–Kier alpha value is -2.30. The van der Waals surface area contributed by atoms with Crippen molar-refractivity contribution in [1.82, 2.24) is 15.4 Å². The van der Waals surface area contributed by atoms with Gasteiger partial charge in [0.15, 0.2) is 0 Å². The molecule has 0 amide bonds. The second-order valence-corrected chi connectivity index (χ2v) is 4.71. The summed E-state index contributed by atoms with van der Waals surface area (Å²) in [6.07, 6.45) is 4.36. The topological polar surface area (TPSA) is 63.8 Å². The van der Waals surface area contributed by atoms with Crippen LogP contribution in [0.3, 0.4) is 0 Å². The SMILES string of the molecule is NNC(Cc1ccncc1)c1ccc2ccccc2n1. The van der Waals surface area contributed by atoms with E-state index >= 15 is 0 Å². The van der Waals surface area contributed by atoms with Gasteiger partial charge in [0.2, 0.25) is 0 Å². The first-order valence-corrected chi connectivity index (χ1v) is 6.57. The van der Waals surface area contributed by atoms with Crippen LogP contribution in [0, 0.1) is 0 Å². The normalized spacial score (nSPS) is 12.4. The number of rotatable bonds is 4. The van der Waals surface area contributed by atoms with Crippen molar-refractivity contribution in [3.8, 4) is 0 Å². The van der Waals surface area contributed by atoms with Gasteiger partial charge in [-0.2, -0.15) is 0 Å². The highest BCUT2D eigenvalue weighted by atomic mass is 15.2. The van der Waals surface area contributed by atoms with Gasteiger partial charge in [-0.05, 0) is 36.2 Å². The van der Waals surface area contributed by atoms with Crippen molar-refractivity contribution in [2.45, 2.75) is 12.5 Å². The van der Waals surface area contributed by atoms with Crippen molar-refractivity contribution in [1.29, 1.82) is 0 Å². The molecule has 0 radical (unpaired) electrons. The number of benzene rings is 1. The molecule has 2 aromatic heterocycles. The molecule has 3 rings (SSSR count). The van der Waals surface area contributed by atoms with Crippen molar-refractivity contribution in [2.24, 2.45) is 5.84 Å². The average molecular weight is 264 g/mol. The van der Waals surface area contributed by atoms with Crippen LogP contribution in [0.15, 0.2) is 60.9 Å². The van der Waals surface area contributed by atoms with Crippen molar-refractivity contribution >= 4 is 10.9 Å². The van der Waals surface area contributed by atoms with Crippen LogP contribution >= 0.6 is 0 Å². The summed E-state index contributed by atoms with van der Waals surface area (Å²) < 4.78 is 0. The van der Waals surface area contributed by atoms with E-state index in [1.165, 1.54) is 5.56 Å². The lowest BCUT2D eigenvalue weighted by Crippen LogP contribution is -2.30. The standard InChI is InChI=1S/C16H16N4/c17-20-16(11-12-7-9-18-10-8-12)15-6-5-13-3-1-2-4-14(13)19-15/h1-10,16,20H,11,17H2. The Morgan fingerprint density at radius 2 is 1.80 bits per heavy atom. The fraction of sp³-hybridized carbons (Fsp3) is 0.125. The first-order valence-electron chi connectivity index (χ1n) is 6.57. The quantitative estimate of drug-likeness (QED) is 0.561. The summed E-state index contributed by atoms with van der Waals surface area (Å²) >= 11 is 0. The predicted octanol–water partition coefficient (Wildman–Crippen LogP) is 2.38. The smallest absolute Gasteiger partial charge is 0.0706 e. The van der Waals surface area contributed by atoms with Crippen LogP contribution in [0.25, 0.3) is 10.9 Å². The Labute approximate surface area is 117 Å². The van der Waals surface area contributed by atoms with Crippen LogP contribution in [0.4, 0.5) is 0 Å². The fourth-order valence-corrected chi connectivity index (χ4v) is 2.28. The number of pyridine rings is 2. The van der Waals surface area contributed by atoms with E-state index in [1.54, 1.807) is 12.4 Å². The third-order valence-corrected chi connectivity index (χ3v) is 3.37. The van der Waals surface area contributed by atoms with Crippen LogP contribution in [0.5, 0.6) is 0 Å². The minimum Gasteiger partial charge on any atom is -0.271 e. The molecular weight excluding hydrogens is 248 g/mol. The molecule has 100 valence electrons. The van der Waals surface area contributed by atoms with E-state index < -0.39 is 0 Å². The van der Waals surface area contributed by atoms with Gasteiger partial charge in [-0.1, -0.05) is 24.3 Å². The molecule has 0 aliphatic heterocycles. The number of fused-ring (bicyclic) bond motifs is 1. The van der Waals surface area contributed by atoms with Gasteiger partial charge in [0.1, 0.15) is 0 Å². The van der Waals surface area contributed by atoms with Crippen molar-refractivity contribution in [3.05, 3.63) is 72.2 Å². The highest BCUT2D eigenvalue weighted by Crippen LogP contribution is 2.19. The summed E-state index contributed by atoms with van der Waals surface area (Å²) in [5.41, 5.74) is 5.96. The molecule has 1 atom stereocenters. The van der Waals surface area contributed by atoms with Gasteiger partial charge in [-0.3, -0.25) is 21.2 Å². The summed E-state index contributed by atoms with van der Waals surface area (Å²) in [7, 11) is 0. The average Bonchev–Trinajstić information content (AvgIpc) is 2.53. The zero-order chi connectivity index (χ0) is 13.8. The molecule has 0 aliphatic carbocycles. The number of nitrogens with two attached hydrogens (primary N) is 1. The maximum absolute atomic E-state index is 5.69. The Morgan fingerprint density at radius 3 is 2.60 bits per heavy atom. The third kappa shape index (κ3) is 2.66. The van der Waals surface area contributed by atoms with E-state index in [9.17, 15) is 0 Å². The number of hydrogen-bond acceptors (Lipinski definition) is 4. The van der Waals surface area contributed by atoms with E-state index in [4.69, 9.17) is 5.84 Å². The lowest BCUT2D eigenvalue weighted by atomic mass is 10.0.